The molecule has 2 heterocycles. The van der Waals surface area contributed by atoms with Crippen LogP contribution in [0.3, 0.4) is 0 Å². The molecule has 0 unspecified atom stereocenters. The van der Waals surface area contributed by atoms with Gasteiger partial charge in [0, 0.05) is 42.9 Å². The third kappa shape index (κ3) is 4.03. The molecule has 1 N–H and O–H groups in total. The van der Waals surface area contributed by atoms with Gasteiger partial charge in [-0.1, -0.05) is 18.2 Å². The average molecular weight is 359 g/mol. The van der Waals surface area contributed by atoms with Crippen molar-refractivity contribution in [2.24, 2.45) is 0 Å². The summed E-state index contributed by atoms with van der Waals surface area (Å²) >= 11 is 0. The number of nitrogens with one attached hydrogen (secondary N) is 1. The van der Waals surface area contributed by atoms with Crippen molar-refractivity contribution in [2.75, 3.05) is 34.8 Å². The van der Waals surface area contributed by atoms with Crippen LogP contribution in [0.1, 0.15) is 19.8 Å². The van der Waals surface area contributed by atoms with E-state index in [9.17, 15) is 0 Å². The van der Waals surface area contributed by atoms with Crippen LogP contribution in [0.15, 0.2) is 66.9 Å². The molecule has 5 heteroatoms. The van der Waals surface area contributed by atoms with Gasteiger partial charge in [-0.3, -0.25) is 0 Å². The molecule has 4 rings (SSSR count). The van der Waals surface area contributed by atoms with E-state index in [4.69, 9.17) is 4.98 Å². The number of hydrogen-bond donors (Lipinski definition) is 1. The standard InChI is InChI=1S/C22H25N5/c1-2-27(20-8-4-3-5-9-20)22-23-15-14-21(25-22)24-18-10-12-19(13-11-18)26-16-6-7-17-26/h3-5,8-15H,2,6-7,16-17H2,1H3,(H,23,24,25). The number of rotatable bonds is 6. The van der Waals surface area contributed by atoms with Crippen molar-refractivity contribution in [3.8, 4) is 0 Å². The first-order valence-electron chi connectivity index (χ1n) is 9.61. The summed E-state index contributed by atoms with van der Waals surface area (Å²) in [6, 6.07) is 20.7. The maximum atomic E-state index is 4.71. The number of benzene rings is 2. The van der Waals surface area contributed by atoms with Crippen LogP contribution < -0.4 is 15.1 Å². The fraction of sp³-hybridized carbons (Fsp3) is 0.273. The van der Waals surface area contributed by atoms with E-state index in [1.54, 1.807) is 6.20 Å². The molecule has 0 bridgehead atoms. The van der Waals surface area contributed by atoms with Crippen molar-refractivity contribution in [2.45, 2.75) is 19.8 Å². The number of anilines is 5. The van der Waals surface area contributed by atoms with Crippen LogP contribution >= 0.6 is 0 Å². The van der Waals surface area contributed by atoms with Crippen LogP contribution in [0.2, 0.25) is 0 Å². The predicted molar refractivity (Wildman–Crippen MR) is 112 cm³/mol. The van der Waals surface area contributed by atoms with E-state index in [0.29, 0.717) is 5.95 Å². The maximum Gasteiger partial charge on any atom is 0.231 e. The molecular weight excluding hydrogens is 334 g/mol. The summed E-state index contributed by atoms with van der Waals surface area (Å²) in [6.45, 7) is 5.23. The Kier molecular flexibility index (Phi) is 5.19. The van der Waals surface area contributed by atoms with Gasteiger partial charge in [-0.05, 0) is 62.2 Å². The lowest BCUT2D eigenvalue weighted by molar-refractivity contribution is 0.948. The first-order chi connectivity index (χ1) is 13.3. The van der Waals surface area contributed by atoms with Gasteiger partial charge in [-0.15, -0.1) is 0 Å². The van der Waals surface area contributed by atoms with E-state index >= 15 is 0 Å². The van der Waals surface area contributed by atoms with Crippen molar-refractivity contribution in [3.63, 3.8) is 0 Å². The molecule has 1 aromatic heterocycles. The van der Waals surface area contributed by atoms with Crippen LogP contribution in [-0.2, 0) is 0 Å². The molecule has 2 aromatic carbocycles. The predicted octanol–water partition coefficient (Wildman–Crippen LogP) is 4.98. The summed E-state index contributed by atoms with van der Waals surface area (Å²) in [4.78, 5) is 13.7. The van der Waals surface area contributed by atoms with Crippen molar-refractivity contribution in [1.29, 1.82) is 0 Å². The molecule has 0 amide bonds. The molecule has 0 saturated carbocycles. The number of para-hydroxylation sites is 1. The van der Waals surface area contributed by atoms with Gasteiger partial charge in [-0.2, -0.15) is 4.98 Å². The Morgan fingerprint density at radius 2 is 1.70 bits per heavy atom. The highest BCUT2D eigenvalue weighted by atomic mass is 15.3. The molecule has 3 aromatic rings. The van der Waals surface area contributed by atoms with Crippen molar-refractivity contribution < 1.29 is 0 Å². The van der Waals surface area contributed by atoms with Crippen LogP contribution in [0.4, 0.5) is 28.8 Å². The first kappa shape index (κ1) is 17.3. The number of nitrogens with zero attached hydrogens (tertiary/aromatic N) is 4. The lowest BCUT2D eigenvalue weighted by Gasteiger charge is -2.21. The second kappa shape index (κ2) is 8.08. The van der Waals surface area contributed by atoms with Crippen molar-refractivity contribution >= 4 is 28.8 Å². The zero-order chi connectivity index (χ0) is 18.5. The van der Waals surface area contributed by atoms with Gasteiger partial charge in [0.1, 0.15) is 5.82 Å². The molecule has 1 saturated heterocycles. The Morgan fingerprint density at radius 3 is 2.41 bits per heavy atom. The van der Waals surface area contributed by atoms with Gasteiger partial charge in [0.15, 0.2) is 0 Å². The highest BCUT2D eigenvalue weighted by Gasteiger charge is 2.13. The van der Waals surface area contributed by atoms with Crippen molar-refractivity contribution in [3.05, 3.63) is 66.9 Å². The lowest BCUT2D eigenvalue weighted by Crippen LogP contribution is -2.19. The Balaban J connectivity index is 1.50. The van der Waals surface area contributed by atoms with Crippen LogP contribution in [-0.4, -0.2) is 29.6 Å². The van der Waals surface area contributed by atoms with E-state index in [-0.39, 0.29) is 0 Å². The topological polar surface area (TPSA) is 44.3 Å². The quantitative estimate of drug-likeness (QED) is 0.672. The normalized spacial score (nSPS) is 13.6. The highest BCUT2D eigenvalue weighted by Crippen LogP contribution is 2.25. The summed E-state index contributed by atoms with van der Waals surface area (Å²) in [7, 11) is 0. The molecule has 1 aliphatic heterocycles. The van der Waals surface area contributed by atoms with Gasteiger partial charge < -0.3 is 15.1 Å². The second-order valence-electron chi connectivity index (χ2n) is 6.69. The average Bonchev–Trinajstić information content (AvgIpc) is 3.25. The molecule has 0 atom stereocenters. The zero-order valence-corrected chi connectivity index (χ0v) is 15.7. The molecule has 0 aliphatic carbocycles. The van der Waals surface area contributed by atoms with Gasteiger partial charge >= 0.3 is 0 Å². The number of aromatic nitrogens is 2. The first-order valence-corrected chi connectivity index (χ1v) is 9.61. The highest BCUT2D eigenvalue weighted by molar-refractivity contribution is 5.63. The molecule has 138 valence electrons. The Morgan fingerprint density at radius 1 is 0.963 bits per heavy atom. The molecule has 1 fully saturated rings. The fourth-order valence-corrected chi connectivity index (χ4v) is 3.47. The molecular formula is C22H25N5. The molecule has 0 spiro atoms. The monoisotopic (exact) mass is 359 g/mol. The van der Waals surface area contributed by atoms with Gasteiger partial charge in [0.05, 0.1) is 0 Å². The van der Waals surface area contributed by atoms with E-state index in [2.05, 4.69) is 63.4 Å². The zero-order valence-electron chi connectivity index (χ0n) is 15.7. The largest absolute Gasteiger partial charge is 0.372 e. The van der Waals surface area contributed by atoms with Crippen LogP contribution in [0.25, 0.3) is 0 Å². The SMILES string of the molecule is CCN(c1ccccc1)c1nccc(Nc2ccc(N3CCCC3)cc2)n1. The summed E-state index contributed by atoms with van der Waals surface area (Å²) in [6.07, 6.45) is 4.38. The second-order valence-corrected chi connectivity index (χ2v) is 6.69. The lowest BCUT2D eigenvalue weighted by atomic mass is 10.2. The van der Waals surface area contributed by atoms with E-state index in [1.165, 1.54) is 18.5 Å². The van der Waals surface area contributed by atoms with E-state index in [1.807, 2.05) is 24.3 Å². The van der Waals surface area contributed by atoms with Crippen LogP contribution in [0.5, 0.6) is 0 Å². The van der Waals surface area contributed by atoms with Crippen molar-refractivity contribution in [1.82, 2.24) is 9.97 Å². The number of hydrogen-bond acceptors (Lipinski definition) is 5. The van der Waals surface area contributed by atoms with Crippen LogP contribution in [0, 0.1) is 0 Å². The Bertz CT molecular complexity index is 857. The van der Waals surface area contributed by atoms with E-state index < -0.39 is 0 Å². The summed E-state index contributed by atoms with van der Waals surface area (Å²) in [5.74, 6) is 1.49. The van der Waals surface area contributed by atoms with E-state index in [0.717, 1.165) is 36.8 Å². The minimum absolute atomic E-state index is 0.697. The third-order valence-corrected chi connectivity index (χ3v) is 4.88. The summed E-state index contributed by atoms with van der Waals surface area (Å²) in [5.41, 5.74) is 3.42. The summed E-state index contributed by atoms with van der Waals surface area (Å²) in [5, 5.41) is 3.40. The maximum absolute atomic E-state index is 4.71. The molecule has 0 radical (unpaired) electrons. The van der Waals surface area contributed by atoms with Gasteiger partial charge in [0.25, 0.3) is 0 Å². The fourth-order valence-electron chi connectivity index (χ4n) is 3.47. The molecule has 5 nitrogen and oxygen atoms in total. The van der Waals surface area contributed by atoms with Gasteiger partial charge in [0.2, 0.25) is 5.95 Å². The Hall–Kier alpha value is -3.08. The third-order valence-electron chi connectivity index (χ3n) is 4.88. The Labute approximate surface area is 160 Å². The smallest absolute Gasteiger partial charge is 0.231 e. The minimum atomic E-state index is 0.697. The summed E-state index contributed by atoms with van der Waals surface area (Å²) < 4.78 is 0. The molecule has 1 aliphatic rings. The molecule has 27 heavy (non-hydrogen) atoms. The minimum Gasteiger partial charge on any atom is -0.372 e. The van der Waals surface area contributed by atoms with Gasteiger partial charge in [-0.25, -0.2) is 4.98 Å².